The lowest BCUT2D eigenvalue weighted by molar-refractivity contribution is 0.574. The Kier molecular flexibility index (Phi) is 4.61. The fourth-order valence-corrected chi connectivity index (χ4v) is 2.26. The fraction of sp³-hybridized carbons (Fsp3) is 0.250. The van der Waals surface area contributed by atoms with E-state index in [0.29, 0.717) is 12.1 Å². The quantitative estimate of drug-likeness (QED) is 0.742. The molecule has 0 unspecified atom stereocenters. The molecule has 0 atom stereocenters. The minimum absolute atomic E-state index is 0.0283. The van der Waals surface area contributed by atoms with Gasteiger partial charge in [-0.1, -0.05) is 29.8 Å². The molecular weight excluding hydrogens is 280 g/mol. The van der Waals surface area contributed by atoms with Gasteiger partial charge in [0.1, 0.15) is 17.3 Å². The van der Waals surface area contributed by atoms with E-state index in [0.717, 1.165) is 11.1 Å². The summed E-state index contributed by atoms with van der Waals surface area (Å²) in [5, 5.41) is 0. The van der Waals surface area contributed by atoms with Crippen LogP contribution in [-0.2, 0) is 12.4 Å². The lowest BCUT2D eigenvalue weighted by Gasteiger charge is -2.21. The van der Waals surface area contributed by atoms with Gasteiger partial charge in [-0.3, -0.25) is 0 Å². The number of anilines is 1. The van der Waals surface area contributed by atoms with Crippen molar-refractivity contribution in [3.8, 4) is 0 Å². The average Bonchev–Trinajstić information content (AvgIpc) is 2.40. The zero-order chi connectivity index (χ0) is 14.7. The number of hydrogen-bond donors (Lipinski definition) is 0. The van der Waals surface area contributed by atoms with Gasteiger partial charge < -0.3 is 4.90 Å². The Morgan fingerprint density at radius 2 is 1.55 bits per heavy atom. The molecule has 0 saturated carbocycles. The van der Waals surface area contributed by atoms with Gasteiger partial charge in [0, 0.05) is 19.5 Å². The number of halogens is 3. The summed E-state index contributed by atoms with van der Waals surface area (Å²) in [5.74, 6) is -1.08. The first-order valence-electron chi connectivity index (χ1n) is 6.32. The van der Waals surface area contributed by atoms with Crippen molar-refractivity contribution >= 4 is 17.3 Å². The van der Waals surface area contributed by atoms with Gasteiger partial charge in [-0.05, 0) is 30.2 Å². The van der Waals surface area contributed by atoms with E-state index in [4.69, 9.17) is 11.6 Å². The van der Waals surface area contributed by atoms with Gasteiger partial charge in [0.2, 0.25) is 0 Å². The molecule has 0 spiro atoms. The second kappa shape index (κ2) is 6.23. The van der Waals surface area contributed by atoms with E-state index < -0.39 is 11.6 Å². The third kappa shape index (κ3) is 3.28. The van der Waals surface area contributed by atoms with E-state index >= 15 is 0 Å². The monoisotopic (exact) mass is 295 g/mol. The molecule has 20 heavy (non-hydrogen) atoms. The van der Waals surface area contributed by atoms with Crippen molar-refractivity contribution in [1.82, 2.24) is 0 Å². The maximum atomic E-state index is 14.0. The van der Waals surface area contributed by atoms with E-state index in [2.05, 4.69) is 0 Å². The van der Waals surface area contributed by atoms with Gasteiger partial charge in [-0.2, -0.15) is 0 Å². The van der Waals surface area contributed by atoms with Crippen LogP contribution in [-0.4, -0.2) is 7.05 Å². The molecule has 106 valence electrons. The molecule has 0 fully saturated rings. The lowest BCUT2D eigenvalue weighted by atomic mass is 10.1. The Labute approximate surface area is 122 Å². The van der Waals surface area contributed by atoms with Gasteiger partial charge in [-0.25, -0.2) is 8.78 Å². The van der Waals surface area contributed by atoms with Crippen LogP contribution >= 0.6 is 11.6 Å². The molecule has 0 saturated heterocycles. The number of aryl methyl sites for hydroxylation is 1. The summed E-state index contributed by atoms with van der Waals surface area (Å²) in [5.41, 5.74) is 2.56. The molecule has 0 heterocycles. The molecular formula is C16H16ClF2N. The summed E-state index contributed by atoms with van der Waals surface area (Å²) in [6.07, 6.45) is 0. The minimum Gasteiger partial charge on any atom is -0.366 e. The molecule has 1 nitrogen and oxygen atoms in total. The van der Waals surface area contributed by atoms with Crippen LogP contribution in [0.5, 0.6) is 0 Å². The highest BCUT2D eigenvalue weighted by Crippen LogP contribution is 2.26. The van der Waals surface area contributed by atoms with E-state index in [1.807, 2.05) is 31.2 Å². The van der Waals surface area contributed by atoms with Crippen molar-refractivity contribution in [1.29, 1.82) is 0 Å². The predicted octanol–water partition coefficient (Wildman–Crippen LogP) is 4.65. The first-order valence-corrected chi connectivity index (χ1v) is 6.85. The normalized spacial score (nSPS) is 10.7. The highest BCUT2D eigenvalue weighted by molar-refractivity contribution is 6.17. The zero-order valence-electron chi connectivity index (χ0n) is 11.5. The molecule has 0 aliphatic rings. The number of hydrogen-bond acceptors (Lipinski definition) is 1. The number of nitrogens with zero attached hydrogens (tertiary/aromatic N) is 1. The van der Waals surface area contributed by atoms with Crippen LogP contribution in [0.1, 0.15) is 16.7 Å². The Hall–Kier alpha value is -1.61. The highest BCUT2D eigenvalue weighted by Gasteiger charge is 2.15. The summed E-state index contributed by atoms with van der Waals surface area (Å²) in [4.78, 5) is 1.56. The van der Waals surface area contributed by atoms with Crippen molar-refractivity contribution in [2.45, 2.75) is 19.3 Å². The second-order valence-corrected chi connectivity index (χ2v) is 5.15. The molecule has 4 heteroatoms. The van der Waals surface area contributed by atoms with Crippen LogP contribution in [0, 0.1) is 18.6 Å². The summed E-state index contributed by atoms with van der Waals surface area (Å²) in [6, 6.07) is 10.4. The summed E-state index contributed by atoms with van der Waals surface area (Å²) >= 11 is 5.60. The Bertz CT molecular complexity index is 573. The van der Waals surface area contributed by atoms with Crippen LogP contribution in [0.2, 0.25) is 0 Å². The molecule has 0 amide bonds. The maximum Gasteiger partial charge on any atom is 0.149 e. The fourth-order valence-electron chi connectivity index (χ4n) is 2.11. The number of benzene rings is 2. The number of rotatable bonds is 4. The smallest absolute Gasteiger partial charge is 0.149 e. The lowest BCUT2D eigenvalue weighted by Crippen LogP contribution is -2.19. The Morgan fingerprint density at radius 1 is 1.00 bits per heavy atom. The SMILES string of the molecule is Cc1ccc(CN(C)c2c(F)cc(CCl)cc2F)cc1. The van der Waals surface area contributed by atoms with Gasteiger partial charge in [-0.15, -0.1) is 11.6 Å². The van der Waals surface area contributed by atoms with Crippen molar-refractivity contribution in [2.24, 2.45) is 0 Å². The van der Waals surface area contributed by atoms with Crippen LogP contribution in [0.15, 0.2) is 36.4 Å². The van der Waals surface area contributed by atoms with E-state index in [1.165, 1.54) is 12.1 Å². The summed E-state index contributed by atoms with van der Waals surface area (Å²) in [7, 11) is 1.67. The van der Waals surface area contributed by atoms with Crippen LogP contribution < -0.4 is 4.90 Å². The van der Waals surface area contributed by atoms with E-state index in [1.54, 1.807) is 11.9 Å². The first-order chi connectivity index (χ1) is 9.51. The molecule has 0 radical (unpaired) electrons. The van der Waals surface area contributed by atoms with Crippen LogP contribution in [0.3, 0.4) is 0 Å². The molecule has 2 rings (SSSR count). The third-order valence-electron chi connectivity index (χ3n) is 3.15. The third-order valence-corrected chi connectivity index (χ3v) is 3.46. The Balaban J connectivity index is 2.25. The average molecular weight is 296 g/mol. The van der Waals surface area contributed by atoms with Gasteiger partial charge in [0.25, 0.3) is 0 Å². The van der Waals surface area contributed by atoms with Crippen molar-refractivity contribution in [3.05, 3.63) is 64.7 Å². The van der Waals surface area contributed by atoms with Crippen molar-refractivity contribution in [3.63, 3.8) is 0 Å². The largest absolute Gasteiger partial charge is 0.366 e. The second-order valence-electron chi connectivity index (χ2n) is 4.88. The van der Waals surface area contributed by atoms with Crippen LogP contribution in [0.4, 0.5) is 14.5 Å². The van der Waals surface area contributed by atoms with Crippen molar-refractivity contribution < 1.29 is 8.78 Å². The number of alkyl halides is 1. The molecule has 0 N–H and O–H groups in total. The molecule has 0 aliphatic carbocycles. The maximum absolute atomic E-state index is 14.0. The summed E-state index contributed by atoms with van der Waals surface area (Å²) in [6.45, 7) is 2.44. The minimum atomic E-state index is -0.588. The van der Waals surface area contributed by atoms with Crippen molar-refractivity contribution in [2.75, 3.05) is 11.9 Å². The summed E-state index contributed by atoms with van der Waals surface area (Å²) < 4.78 is 27.9. The zero-order valence-corrected chi connectivity index (χ0v) is 12.2. The predicted molar refractivity (Wildman–Crippen MR) is 79.2 cm³/mol. The molecule has 2 aromatic rings. The standard InChI is InChI=1S/C16H16ClF2N/c1-11-3-5-12(6-4-11)10-20(2)16-14(18)7-13(9-17)8-15(16)19/h3-8H,9-10H2,1-2H3. The van der Waals surface area contributed by atoms with E-state index in [9.17, 15) is 8.78 Å². The molecule has 0 aliphatic heterocycles. The molecule has 2 aromatic carbocycles. The molecule has 0 aromatic heterocycles. The molecule has 0 bridgehead atoms. The Morgan fingerprint density at radius 3 is 2.05 bits per heavy atom. The topological polar surface area (TPSA) is 3.24 Å². The van der Waals surface area contributed by atoms with Gasteiger partial charge in [0.15, 0.2) is 0 Å². The van der Waals surface area contributed by atoms with Gasteiger partial charge >= 0.3 is 0 Å². The van der Waals surface area contributed by atoms with Gasteiger partial charge in [0.05, 0.1) is 0 Å². The van der Waals surface area contributed by atoms with E-state index in [-0.39, 0.29) is 11.6 Å². The first kappa shape index (κ1) is 14.8. The highest BCUT2D eigenvalue weighted by atomic mass is 35.5. The van der Waals surface area contributed by atoms with Crippen LogP contribution in [0.25, 0.3) is 0 Å².